The summed E-state index contributed by atoms with van der Waals surface area (Å²) in [4.78, 5) is 22.9. The van der Waals surface area contributed by atoms with Crippen molar-refractivity contribution in [3.8, 4) is 5.88 Å². The summed E-state index contributed by atoms with van der Waals surface area (Å²) in [5.41, 5.74) is 1.10. The van der Waals surface area contributed by atoms with Crippen LogP contribution in [0.15, 0.2) is 0 Å². The van der Waals surface area contributed by atoms with Gasteiger partial charge in [0.05, 0.1) is 6.54 Å². The number of hydrogen-bond acceptors (Lipinski definition) is 4. The minimum absolute atomic E-state index is 0.109. The number of fused-ring (bicyclic) bond motifs is 1. The Morgan fingerprint density at radius 1 is 1.50 bits per heavy atom. The van der Waals surface area contributed by atoms with Crippen LogP contribution in [0.4, 0.5) is 0 Å². The van der Waals surface area contributed by atoms with Crippen LogP contribution < -0.4 is 15.4 Å². The molecule has 2 rings (SSSR count). The summed E-state index contributed by atoms with van der Waals surface area (Å²) < 4.78 is 7.06. The summed E-state index contributed by atoms with van der Waals surface area (Å²) in [5.74, 6) is 0.274. The minimum atomic E-state index is -0.276. The molecule has 1 aromatic rings. The summed E-state index contributed by atoms with van der Waals surface area (Å²) in [6.07, 6.45) is 0.255. The Kier molecular flexibility index (Phi) is 3.50. The molecule has 0 saturated carbocycles. The van der Waals surface area contributed by atoms with Gasteiger partial charge in [-0.05, 0) is 6.92 Å². The first-order chi connectivity index (χ1) is 8.63. The van der Waals surface area contributed by atoms with Crippen molar-refractivity contribution in [2.75, 3.05) is 20.2 Å². The summed E-state index contributed by atoms with van der Waals surface area (Å²) in [6, 6.07) is 0. The van der Waals surface area contributed by atoms with Crippen molar-refractivity contribution in [2.45, 2.75) is 19.9 Å². The van der Waals surface area contributed by atoms with Crippen LogP contribution in [0.1, 0.15) is 22.5 Å². The van der Waals surface area contributed by atoms with Crippen LogP contribution in [0.5, 0.6) is 5.88 Å². The standard InChI is InChI=1S/C11H16N4O3/c1-7-9(14-15-5-6-18-11(7)15)10(17)13-4-3-8(16)12-2/h3-6H2,1-2H3,(H,12,16)(H,13,17). The van der Waals surface area contributed by atoms with Gasteiger partial charge in [0.25, 0.3) is 5.91 Å². The second kappa shape index (κ2) is 5.07. The highest BCUT2D eigenvalue weighted by molar-refractivity contribution is 5.94. The largest absolute Gasteiger partial charge is 0.476 e. The maximum Gasteiger partial charge on any atom is 0.272 e. The van der Waals surface area contributed by atoms with Crippen LogP contribution in [-0.2, 0) is 11.3 Å². The van der Waals surface area contributed by atoms with Gasteiger partial charge in [0.2, 0.25) is 11.8 Å². The number of ether oxygens (including phenoxy) is 1. The van der Waals surface area contributed by atoms with E-state index >= 15 is 0 Å². The Labute approximate surface area is 104 Å². The monoisotopic (exact) mass is 252 g/mol. The van der Waals surface area contributed by atoms with Gasteiger partial charge < -0.3 is 15.4 Å². The summed E-state index contributed by atoms with van der Waals surface area (Å²) in [6.45, 7) is 3.36. The van der Waals surface area contributed by atoms with Crippen molar-refractivity contribution >= 4 is 11.8 Å². The molecule has 0 spiro atoms. The van der Waals surface area contributed by atoms with Crippen LogP contribution >= 0.6 is 0 Å². The maximum atomic E-state index is 11.9. The van der Waals surface area contributed by atoms with Crippen molar-refractivity contribution in [3.63, 3.8) is 0 Å². The van der Waals surface area contributed by atoms with Crippen molar-refractivity contribution in [2.24, 2.45) is 0 Å². The fourth-order valence-electron chi connectivity index (χ4n) is 1.81. The molecule has 1 aliphatic rings. The predicted molar refractivity (Wildman–Crippen MR) is 63.5 cm³/mol. The third-order valence-electron chi connectivity index (χ3n) is 2.80. The van der Waals surface area contributed by atoms with E-state index in [1.807, 2.05) is 0 Å². The third-order valence-corrected chi connectivity index (χ3v) is 2.80. The molecule has 98 valence electrons. The predicted octanol–water partition coefficient (Wildman–Crippen LogP) is -0.550. The zero-order chi connectivity index (χ0) is 13.1. The molecule has 0 fully saturated rings. The van der Waals surface area contributed by atoms with Crippen LogP contribution in [0.25, 0.3) is 0 Å². The van der Waals surface area contributed by atoms with Gasteiger partial charge in [0, 0.05) is 25.6 Å². The number of amides is 2. The van der Waals surface area contributed by atoms with E-state index in [0.29, 0.717) is 31.3 Å². The van der Waals surface area contributed by atoms with E-state index in [9.17, 15) is 9.59 Å². The lowest BCUT2D eigenvalue weighted by molar-refractivity contribution is -0.120. The molecule has 0 saturated heterocycles. The molecule has 7 nitrogen and oxygen atoms in total. The van der Waals surface area contributed by atoms with E-state index in [-0.39, 0.29) is 18.2 Å². The number of nitrogens with one attached hydrogen (secondary N) is 2. The van der Waals surface area contributed by atoms with Crippen LogP contribution in [0.3, 0.4) is 0 Å². The molecular weight excluding hydrogens is 236 g/mol. The lowest BCUT2D eigenvalue weighted by atomic mass is 10.2. The number of aromatic nitrogens is 2. The smallest absolute Gasteiger partial charge is 0.272 e. The first-order valence-electron chi connectivity index (χ1n) is 5.82. The Balaban J connectivity index is 1.95. The molecule has 2 heterocycles. The second-order valence-electron chi connectivity index (χ2n) is 4.03. The van der Waals surface area contributed by atoms with Gasteiger partial charge in [-0.15, -0.1) is 0 Å². The van der Waals surface area contributed by atoms with Gasteiger partial charge in [-0.3, -0.25) is 9.59 Å². The fourth-order valence-corrected chi connectivity index (χ4v) is 1.81. The van der Waals surface area contributed by atoms with Gasteiger partial charge in [0.1, 0.15) is 6.61 Å². The van der Waals surface area contributed by atoms with Gasteiger partial charge in [0.15, 0.2) is 5.69 Å². The molecule has 1 aromatic heterocycles. The normalized spacial score (nSPS) is 12.8. The highest BCUT2D eigenvalue weighted by Gasteiger charge is 2.24. The number of nitrogens with zero attached hydrogens (tertiary/aromatic N) is 2. The van der Waals surface area contributed by atoms with E-state index in [4.69, 9.17) is 4.74 Å². The van der Waals surface area contributed by atoms with Gasteiger partial charge in [-0.2, -0.15) is 5.10 Å². The minimum Gasteiger partial charge on any atom is -0.476 e. The van der Waals surface area contributed by atoms with E-state index in [1.165, 1.54) is 0 Å². The van der Waals surface area contributed by atoms with Gasteiger partial charge in [-0.25, -0.2) is 4.68 Å². The summed E-state index contributed by atoms with van der Waals surface area (Å²) >= 11 is 0. The molecule has 0 aromatic carbocycles. The number of carbonyl (C=O) groups excluding carboxylic acids is 2. The Bertz CT molecular complexity index is 481. The van der Waals surface area contributed by atoms with Crippen molar-refractivity contribution < 1.29 is 14.3 Å². The first kappa shape index (κ1) is 12.4. The molecule has 2 N–H and O–H groups in total. The Morgan fingerprint density at radius 3 is 2.94 bits per heavy atom. The SMILES string of the molecule is CNC(=O)CCNC(=O)c1nn2c(c1C)OCC2. The van der Waals surface area contributed by atoms with Gasteiger partial charge in [-0.1, -0.05) is 0 Å². The summed E-state index contributed by atoms with van der Waals surface area (Å²) in [7, 11) is 1.56. The zero-order valence-corrected chi connectivity index (χ0v) is 10.4. The van der Waals surface area contributed by atoms with Crippen LogP contribution in [0.2, 0.25) is 0 Å². The highest BCUT2D eigenvalue weighted by atomic mass is 16.5. The number of hydrogen-bond donors (Lipinski definition) is 2. The second-order valence-corrected chi connectivity index (χ2v) is 4.03. The third kappa shape index (κ3) is 2.29. The topological polar surface area (TPSA) is 85.3 Å². The van der Waals surface area contributed by atoms with E-state index in [2.05, 4.69) is 15.7 Å². The molecule has 18 heavy (non-hydrogen) atoms. The number of rotatable bonds is 4. The average Bonchev–Trinajstić information content (AvgIpc) is 2.92. The Morgan fingerprint density at radius 2 is 2.28 bits per heavy atom. The maximum absolute atomic E-state index is 11.9. The van der Waals surface area contributed by atoms with E-state index < -0.39 is 0 Å². The average molecular weight is 252 g/mol. The van der Waals surface area contributed by atoms with Crippen molar-refractivity contribution in [1.82, 2.24) is 20.4 Å². The van der Waals surface area contributed by atoms with Crippen molar-refractivity contribution in [1.29, 1.82) is 0 Å². The fraction of sp³-hybridized carbons (Fsp3) is 0.545. The van der Waals surface area contributed by atoms with Crippen LogP contribution in [-0.4, -0.2) is 41.8 Å². The number of carbonyl (C=O) groups is 2. The molecular formula is C11H16N4O3. The van der Waals surface area contributed by atoms with Gasteiger partial charge >= 0.3 is 0 Å². The molecule has 0 bridgehead atoms. The highest BCUT2D eigenvalue weighted by Crippen LogP contribution is 2.25. The first-order valence-corrected chi connectivity index (χ1v) is 5.82. The zero-order valence-electron chi connectivity index (χ0n) is 10.4. The van der Waals surface area contributed by atoms with Crippen molar-refractivity contribution in [3.05, 3.63) is 11.3 Å². The molecule has 0 aliphatic carbocycles. The Hall–Kier alpha value is -2.05. The molecule has 0 unspecified atom stereocenters. The quantitative estimate of drug-likeness (QED) is 0.753. The molecule has 7 heteroatoms. The summed E-state index contributed by atoms with van der Waals surface area (Å²) in [5, 5.41) is 9.34. The molecule has 0 radical (unpaired) electrons. The lowest BCUT2D eigenvalue weighted by Gasteiger charge is -2.03. The van der Waals surface area contributed by atoms with E-state index in [1.54, 1.807) is 18.7 Å². The molecule has 0 atom stereocenters. The molecule has 2 amide bonds. The van der Waals surface area contributed by atoms with E-state index in [0.717, 1.165) is 5.56 Å². The lowest BCUT2D eigenvalue weighted by Crippen LogP contribution is -2.30. The molecule has 1 aliphatic heterocycles. The van der Waals surface area contributed by atoms with Crippen LogP contribution in [0, 0.1) is 6.92 Å².